The van der Waals surface area contributed by atoms with Gasteiger partial charge in [-0.25, -0.2) is 0 Å². The fourth-order valence-electron chi connectivity index (χ4n) is 5.70. The zero-order valence-electron chi connectivity index (χ0n) is 26.6. The SMILES string of the molecule is CCCCCCCCCC(C)(C)c1ccccc1OP(F)Oc1ccccc1C(C)(C)CCCCCCCCC. The summed E-state index contributed by atoms with van der Waals surface area (Å²) in [7, 11) is -2.61. The van der Waals surface area contributed by atoms with Crippen LogP contribution in [0.3, 0.4) is 0 Å². The van der Waals surface area contributed by atoms with Gasteiger partial charge in [-0.15, -0.1) is 4.20 Å². The largest absolute Gasteiger partial charge is 0.505 e. The first-order valence-electron chi connectivity index (χ1n) is 16.2. The van der Waals surface area contributed by atoms with Gasteiger partial charge < -0.3 is 9.05 Å². The van der Waals surface area contributed by atoms with Crippen LogP contribution in [0.1, 0.15) is 155 Å². The topological polar surface area (TPSA) is 18.5 Å². The lowest BCUT2D eigenvalue weighted by Gasteiger charge is -2.29. The van der Waals surface area contributed by atoms with Crippen molar-refractivity contribution in [1.29, 1.82) is 0 Å². The Balaban J connectivity index is 1.96. The van der Waals surface area contributed by atoms with Crippen LogP contribution in [0.4, 0.5) is 4.20 Å². The van der Waals surface area contributed by atoms with Crippen molar-refractivity contribution in [3.05, 3.63) is 59.7 Å². The number of para-hydroxylation sites is 2. The maximum atomic E-state index is 15.4. The molecule has 0 bridgehead atoms. The lowest BCUT2D eigenvalue weighted by molar-refractivity contribution is 0.394. The Morgan fingerprint density at radius 3 is 1.23 bits per heavy atom. The van der Waals surface area contributed by atoms with Gasteiger partial charge in [0.05, 0.1) is 0 Å². The number of halogens is 1. The number of rotatable bonds is 22. The van der Waals surface area contributed by atoms with Gasteiger partial charge >= 0.3 is 8.69 Å². The molecule has 0 saturated heterocycles. The smallest absolute Gasteiger partial charge is 0.414 e. The number of hydrogen-bond donors (Lipinski definition) is 0. The fourth-order valence-corrected chi connectivity index (χ4v) is 6.37. The first-order chi connectivity index (χ1) is 19.2. The van der Waals surface area contributed by atoms with Crippen LogP contribution in [0.25, 0.3) is 0 Å². The van der Waals surface area contributed by atoms with E-state index in [0.717, 1.165) is 24.0 Å². The van der Waals surface area contributed by atoms with Crippen molar-refractivity contribution in [3.8, 4) is 11.5 Å². The predicted octanol–water partition coefficient (Wildman–Crippen LogP) is 13.2. The Kier molecular flexibility index (Phi) is 16.2. The zero-order valence-corrected chi connectivity index (χ0v) is 27.5. The molecule has 0 heterocycles. The standard InChI is InChI=1S/C36H58FO2P/c1-7-9-11-13-15-17-23-29-35(3,4)31-25-19-21-27-33(31)38-40(37)39-34-28-22-20-26-32(34)36(5,6)30-24-18-16-14-12-10-8-2/h19-22,25-28H,7-18,23-24,29-30H2,1-6H3. The molecule has 4 heteroatoms. The Hall–Kier alpha value is -1.60. The molecule has 0 aliphatic heterocycles. The second-order valence-electron chi connectivity index (χ2n) is 12.9. The molecule has 0 N–H and O–H groups in total. The molecule has 0 aliphatic carbocycles. The minimum absolute atomic E-state index is 0.0907. The number of hydrogen-bond acceptors (Lipinski definition) is 2. The van der Waals surface area contributed by atoms with E-state index in [9.17, 15) is 0 Å². The van der Waals surface area contributed by atoms with Crippen LogP contribution < -0.4 is 9.05 Å². The van der Waals surface area contributed by atoms with Gasteiger partial charge in [-0.3, -0.25) is 0 Å². The molecule has 2 nitrogen and oxygen atoms in total. The minimum Gasteiger partial charge on any atom is -0.414 e. The first kappa shape index (κ1) is 34.6. The van der Waals surface area contributed by atoms with Gasteiger partial charge in [-0.2, -0.15) is 0 Å². The van der Waals surface area contributed by atoms with Crippen molar-refractivity contribution in [2.45, 2.75) is 155 Å². The highest BCUT2D eigenvalue weighted by molar-refractivity contribution is 7.42. The van der Waals surface area contributed by atoms with Crippen molar-refractivity contribution in [3.63, 3.8) is 0 Å². The summed E-state index contributed by atoms with van der Waals surface area (Å²) in [5, 5.41) is 0. The van der Waals surface area contributed by atoms with Gasteiger partial charge in [-0.05, 0) is 35.8 Å². The van der Waals surface area contributed by atoms with E-state index in [0.29, 0.717) is 11.5 Å². The molecule has 0 saturated carbocycles. The van der Waals surface area contributed by atoms with Crippen LogP contribution in [0.15, 0.2) is 48.5 Å². The summed E-state index contributed by atoms with van der Waals surface area (Å²) in [6.07, 6.45) is 20.2. The maximum absolute atomic E-state index is 15.4. The van der Waals surface area contributed by atoms with Crippen LogP contribution in [0, 0.1) is 0 Å². The molecule has 2 rings (SSSR count). The average molecular weight is 573 g/mol. The second-order valence-corrected chi connectivity index (χ2v) is 13.7. The third-order valence-corrected chi connectivity index (χ3v) is 9.06. The molecule has 0 amide bonds. The summed E-state index contributed by atoms with van der Waals surface area (Å²) in [5.41, 5.74) is 1.93. The summed E-state index contributed by atoms with van der Waals surface area (Å²) in [6, 6.07) is 15.8. The third-order valence-electron chi connectivity index (χ3n) is 8.38. The van der Waals surface area contributed by atoms with Crippen LogP contribution >= 0.6 is 8.69 Å². The van der Waals surface area contributed by atoms with Crippen LogP contribution in [0.2, 0.25) is 0 Å². The molecule has 40 heavy (non-hydrogen) atoms. The van der Waals surface area contributed by atoms with Crippen molar-refractivity contribution in [2.75, 3.05) is 0 Å². The molecule has 0 aliphatic rings. The molecular weight excluding hydrogens is 514 g/mol. The van der Waals surface area contributed by atoms with Gasteiger partial charge in [0.1, 0.15) is 11.5 Å². The lowest BCUT2D eigenvalue weighted by atomic mass is 9.79. The molecular formula is C36H58FO2P. The highest BCUT2D eigenvalue weighted by Crippen LogP contribution is 2.48. The molecule has 0 aromatic heterocycles. The summed E-state index contributed by atoms with van der Waals surface area (Å²) >= 11 is 0. The van der Waals surface area contributed by atoms with E-state index >= 15 is 4.20 Å². The molecule has 0 fully saturated rings. The van der Waals surface area contributed by atoms with E-state index in [4.69, 9.17) is 9.05 Å². The summed E-state index contributed by atoms with van der Waals surface area (Å²) < 4.78 is 27.2. The van der Waals surface area contributed by atoms with E-state index in [-0.39, 0.29) is 10.8 Å². The van der Waals surface area contributed by atoms with E-state index in [1.807, 2.05) is 36.4 Å². The molecule has 2 aromatic carbocycles. The Morgan fingerprint density at radius 2 is 0.850 bits per heavy atom. The van der Waals surface area contributed by atoms with Crippen LogP contribution in [-0.2, 0) is 10.8 Å². The average Bonchev–Trinajstić information content (AvgIpc) is 2.92. The summed E-state index contributed by atoms with van der Waals surface area (Å²) in [4.78, 5) is 0. The molecule has 2 aromatic rings. The van der Waals surface area contributed by atoms with Gasteiger partial charge in [0.25, 0.3) is 0 Å². The van der Waals surface area contributed by atoms with Gasteiger partial charge in [-0.1, -0.05) is 168 Å². The van der Waals surface area contributed by atoms with E-state index in [2.05, 4.69) is 53.7 Å². The van der Waals surface area contributed by atoms with Crippen molar-refractivity contribution in [1.82, 2.24) is 0 Å². The van der Waals surface area contributed by atoms with Crippen molar-refractivity contribution in [2.24, 2.45) is 0 Å². The van der Waals surface area contributed by atoms with Crippen LogP contribution in [0.5, 0.6) is 11.5 Å². The van der Waals surface area contributed by atoms with Gasteiger partial charge in [0.15, 0.2) is 0 Å². The Morgan fingerprint density at radius 1 is 0.525 bits per heavy atom. The maximum Gasteiger partial charge on any atom is 0.505 e. The van der Waals surface area contributed by atoms with Crippen molar-refractivity contribution >= 4 is 8.69 Å². The molecule has 0 radical (unpaired) electrons. The monoisotopic (exact) mass is 572 g/mol. The fraction of sp³-hybridized carbons (Fsp3) is 0.667. The minimum atomic E-state index is -2.61. The number of unbranched alkanes of at least 4 members (excludes halogenated alkanes) is 12. The van der Waals surface area contributed by atoms with E-state index in [1.165, 1.54) is 89.9 Å². The van der Waals surface area contributed by atoms with Crippen LogP contribution in [-0.4, -0.2) is 0 Å². The molecule has 226 valence electrons. The van der Waals surface area contributed by atoms with Crippen molar-refractivity contribution < 1.29 is 13.2 Å². The molecule has 0 unspecified atom stereocenters. The second kappa shape index (κ2) is 18.8. The molecule has 0 spiro atoms. The quantitative estimate of drug-likeness (QED) is 0.103. The first-order valence-corrected chi connectivity index (χ1v) is 17.3. The van der Waals surface area contributed by atoms with E-state index in [1.54, 1.807) is 0 Å². The highest BCUT2D eigenvalue weighted by Gasteiger charge is 2.29. The Bertz CT molecular complexity index is 866. The van der Waals surface area contributed by atoms with Gasteiger partial charge in [0.2, 0.25) is 0 Å². The summed E-state index contributed by atoms with van der Waals surface area (Å²) in [6.45, 7) is 13.5. The van der Waals surface area contributed by atoms with Gasteiger partial charge in [0, 0.05) is 11.1 Å². The predicted molar refractivity (Wildman–Crippen MR) is 173 cm³/mol. The normalized spacial score (nSPS) is 12.2. The Labute approximate surface area is 247 Å². The summed E-state index contributed by atoms with van der Waals surface area (Å²) in [5.74, 6) is 1.20. The zero-order chi connectivity index (χ0) is 29.3. The third kappa shape index (κ3) is 12.5. The lowest BCUT2D eigenvalue weighted by Crippen LogP contribution is -2.19. The molecule has 0 atom stereocenters. The van der Waals surface area contributed by atoms with E-state index < -0.39 is 8.69 Å². The number of benzene rings is 2. The highest BCUT2D eigenvalue weighted by atomic mass is 31.2.